The minimum absolute atomic E-state index is 0.187. The van der Waals surface area contributed by atoms with Crippen LogP contribution in [0.15, 0.2) is 48.5 Å². The molecule has 2 aromatic carbocycles. The van der Waals surface area contributed by atoms with Gasteiger partial charge in [0, 0.05) is 24.5 Å². The van der Waals surface area contributed by atoms with Crippen LogP contribution in [0.1, 0.15) is 72.7 Å². The summed E-state index contributed by atoms with van der Waals surface area (Å²) in [5, 5.41) is 12.3. The molecule has 0 unspecified atom stereocenters. The fraction of sp³-hybridized carbons (Fsp3) is 0.423. The second kappa shape index (κ2) is 10.2. The van der Waals surface area contributed by atoms with Gasteiger partial charge in [-0.15, -0.1) is 5.10 Å². The molecule has 8 heteroatoms. The van der Waals surface area contributed by atoms with Gasteiger partial charge in [-0.2, -0.15) is 0 Å². The van der Waals surface area contributed by atoms with Crippen LogP contribution in [0.4, 0.5) is 5.69 Å². The molecule has 0 radical (unpaired) electrons. The van der Waals surface area contributed by atoms with E-state index in [1.165, 1.54) is 24.2 Å². The number of benzene rings is 2. The van der Waals surface area contributed by atoms with Gasteiger partial charge in [0.05, 0.1) is 18.3 Å². The third-order valence-electron chi connectivity index (χ3n) is 6.67. The summed E-state index contributed by atoms with van der Waals surface area (Å²) in [5.41, 5.74) is 2.08. The van der Waals surface area contributed by atoms with Gasteiger partial charge in [-0.05, 0) is 59.9 Å². The van der Waals surface area contributed by atoms with Gasteiger partial charge in [0.1, 0.15) is 5.75 Å². The van der Waals surface area contributed by atoms with Crippen molar-refractivity contribution in [1.82, 2.24) is 20.2 Å². The van der Waals surface area contributed by atoms with Crippen LogP contribution >= 0.6 is 0 Å². The van der Waals surface area contributed by atoms with E-state index >= 15 is 0 Å². The Kier molecular flexibility index (Phi) is 6.65. The maximum atomic E-state index is 13.1. The Labute approximate surface area is 198 Å². The predicted octanol–water partition coefficient (Wildman–Crippen LogP) is 4.31. The third kappa shape index (κ3) is 4.71. The number of nitrogens with zero attached hydrogens (tertiary/aromatic N) is 5. The van der Waals surface area contributed by atoms with Gasteiger partial charge >= 0.3 is 0 Å². The van der Waals surface area contributed by atoms with Crippen molar-refractivity contribution in [3.8, 4) is 5.75 Å². The summed E-state index contributed by atoms with van der Waals surface area (Å²) >= 11 is 0. The Morgan fingerprint density at radius 1 is 1.03 bits per heavy atom. The fourth-order valence-corrected chi connectivity index (χ4v) is 4.88. The van der Waals surface area contributed by atoms with Crippen molar-refractivity contribution in [2.45, 2.75) is 63.8 Å². The zero-order valence-corrected chi connectivity index (χ0v) is 19.2. The lowest BCUT2D eigenvalue weighted by Gasteiger charge is -2.28. The van der Waals surface area contributed by atoms with E-state index in [0.717, 1.165) is 37.1 Å². The predicted molar refractivity (Wildman–Crippen MR) is 127 cm³/mol. The van der Waals surface area contributed by atoms with Crippen molar-refractivity contribution in [2.24, 2.45) is 0 Å². The van der Waals surface area contributed by atoms with Crippen molar-refractivity contribution in [3.63, 3.8) is 0 Å². The monoisotopic (exact) mass is 459 g/mol. The first-order valence-corrected chi connectivity index (χ1v) is 12.2. The van der Waals surface area contributed by atoms with Crippen LogP contribution in [0.2, 0.25) is 0 Å². The van der Waals surface area contributed by atoms with Crippen LogP contribution in [-0.4, -0.2) is 38.6 Å². The van der Waals surface area contributed by atoms with Gasteiger partial charge < -0.3 is 4.74 Å². The van der Waals surface area contributed by atoms with Crippen LogP contribution in [0.3, 0.4) is 0 Å². The lowest BCUT2D eigenvalue weighted by Crippen LogP contribution is -2.40. The molecule has 0 bridgehead atoms. The Bertz CT molecular complexity index is 1150. The molecule has 2 aliphatic rings. The standard InChI is InChI=1S/C26H29N5O3/c32-25-16-14-19-13-15-22(18-23(19)30(25)26(33)20-8-3-1-4-9-20)34-17-7-12-24-27-28-29-31(24)21-10-5-2-6-11-21/h1,3-4,8-9,13,15,18,21H,2,5-7,10-12,14,16-17H2. The summed E-state index contributed by atoms with van der Waals surface area (Å²) < 4.78 is 7.99. The smallest absolute Gasteiger partial charge is 0.265 e. The quantitative estimate of drug-likeness (QED) is 0.386. The lowest BCUT2D eigenvalue weighted by molar-refractivity contribution is -0.118. The average Bonchev–Trinajstić information content (AvgIpc) is 3.36. The van der Waals surface area contributed by atoms with Crippen molar-refractivity contribution < 1.29 is 14.3 Å². The Hall–Kier alpha value is -3.55. The molecule has 1 fully saturated rings. The molecule has 0 saturated heterocycles. The zero-order valence-electron chi connectivity index (χ0n) is 19.2. The minimum atomic E-state index is -0.307. The van der Waals surface area contributed by atoms with E-state index in [9.17, 15) is 9.59 Å². The summed E-state index contributed by atoms with van der Waals surface area (Å²) in [5.74, 6) is 1.06. The third-order valence-corrected chi connectivity index (χ3v) is 6.67. The lowest BCUT2D eigenvalue weighted by atomic mass is 9.95. The molecule has 1 aliphatic carbocycles. The minimum Gasteiger partial charge on any atom is -0.494 e. The van der Waals surface area contributed by atoms with E-state index in [0.29, 0.717) is 42.5 Å². The summed E-state index contributed by atoms with van der Waals surface area (Å²) in [6.45, 7) is 0.497. The number of aromatic nitrogens is 4. The van der Waals surface area contributed by atoms with E-state index in [2.05, 4.69) is 15.5 Å². The largest absolute Gasteiger partial charge is 0.494 e. The number of tetrazole rings is 1. The molecule has 0 atom stereocenters. The number of carbonyl (C=O) groups excluding carboxylic acids is 2. The van der Waals surface area contributed by atoms with Gasteiger partial charge in [0.25, 0.3) is 5.91 Å². The highest BCUT2D eigenvalue weighted by atomic mass is 16.5. The number of carbonyl (C=O) groups is 2. The summed E-state index contributed by atoms with van der Waals surface area (Å²) in [7, 11) is 0. The second-order valence-electron chi connectivity index (χ2n) is 8.97. The van der Waals surface area contributed by atoms with E-state index in [1.54, 1.807) is 30.3 Å². The summed E-state index contributed by atoms with van der Waals surface area (Å²) in [4.78, 5) is 27.1. The number of rotatable bonds is 7. The zero-order chi connectivity index (χ0) is 23.3. The van der Waals surface area contributed by atoms with Crippen LogP contribution in [0.25, 0.3) is 0 Å². The molecule has 1 aromatic heterocycles. The molecular formula is C26H29N5O3. The van der Waals surface area contributed by atoms with E-state index < -0.39 is 0 Å². The Morgan fingerprint density at radius 2 is 1.85 bits per heavy atom. The summed E-state index contributed by atoms with van der Waals surface area (Å²) in [6.07, 6.45) is 8.50. The number of fused-ring (bicyclic) bond motifs is 1. The SMILES string of the molecule is O=C1CCc2ccc(OCCCc3nnnn3C3CCCCC3)cc2N1C(=O)c1ccccc1. The van der Waals surface area contributed by atoms with Gasteiger partial charge in [0.2, 0.25) is 5.91 Å². The van der Waals surface area contributed by atoms with E-state index in [-0.39, 0.29) is 11.8 Å². The van der Waals surface area contributed by atoms with Crippen LogP contribution in [-0.2, 0) is 17.6 Å². The Morgan fingerprint density at radius 3 is 2.68 bits per heavy atom. The van der Waals surface area contributed by atoms with Gasteiger partial charge in [0.15, 0.2) is 5.82 Å². The maximum Gasteiger partial charge on any atom is 0.265 e. The second-order valence-corrected chi connectivity index (χ2v) is 8.97. The molecule has 1 aliphatic heterocycles. The van der Waals surface area contributed by atoms with E-state index in [4.69, 9.17) is 4.74 Å². The highest BCUT2D eigenvalue weighted by Crippen LogP contribution is 2.33. The van der Waals surface area contributed by atoms with Crippen molar-refractivity contribution >= 4 is 17.5 Å². The highest BCUT2D eigenvalue weighted by Gasteiger charge is 2.30. The van der Waals surface area contributed by atoms with Gasteiger partial charge in [-0.3, -0.25) is 9.59 Å². The molecule has 1 saturated carbocycles. The molecule has 34 heavy (non-hydrogen) atoms. The van der Waals surface area contributed by atoms with Gasteiger partial charge in [-0.1, -0.05) is 43.5 Å². The van der Waals surface area contributed by atoms with E-state index in [1.807, 2.05) is 22.9 Å². The number of hydrogen-bond acceptors (Lipinski definition) is 6. The molecule has 5 rings (SSSR count). The van der Waals surface area contributed by atoms with Crippen molar-refractivity contribution in [1.29, 1.82) is 0 Å². The molecule has 2 heterocycles. The fourth-order valence-electron chi connectivity index (χ4n) is 4.88. The van der Waals surface area contributed by atoms with Crippen LogP contribution < -0.4 is 9.64 Å². The van der Waals surface area contributed by atoms with Crippen LogP contribution in [0, 0.1) is 0 Å². The highest BCUT2D eigenvalue weighted by molar-refractivity contribution is 6.22. The number of hydrogen-bond donors (Lipinski definition) is 0. The number of imide groups is 1. The number of anilines is 1. The molecule has 0 N–H and O–H groups in total. The summed E-state index contributed by atoms with van der Waals surface area (Å²) in [6, 6.07) is 15.0. The molecule has 176 valence electrons. The van der Waals surface area contributed by atoms with Crippen molar-refractivity contribution in [3.05, 3.63) is 65.5 Å². The molecule has 8 nitrogen and oxygen atoms in total. The van der Waals surface area contributed by atoms with Gasteiger partial charge in [-0.25, -0.2) is 9.58 Å². The molecule has 3 aromatic rings. The number of amides is 2. The Balaban J connectivity index is 1.23. The first-order valence-electron chi connectivity index (χ1n) is 12.2. The van der Waals surface area contributed by atoms with Crippen molar-refractivity contribution in [2.75, 3.05) is 11.5 Å². The first kappa shape index (κ1) is 22.3. The molecule has 0 spiro atoms. The normalized spacial score (nSPS) is 16.4. The maximum absolute atomic E-state index is 13.1. The topological polar surface area (TPSA) is 90.2 Å². The number of ether oxygens (including phenoxy) is 1. The molecule has 2 amide bonds. The van der Waals surface area contributed by atoms with Crippen LogP contribution in [0.5, 0.6) is 5.75 Å². The number of aryl methyl sites for hydroxylation is 2. The molecular weight excluding hydrogens is 430 g/mol. The first-order chi connectivity index (χ1) is 16.7. The average molecular weight is 460 g/mol.